The summed E-state index contributed by atoms with van der Waals surface area (Å²) in [6.45, 7) is 10.1. The standard InChI is InChI=1S/C26H40N4O7/c1-8-26(5,6)30(21(17-12-10-9-11-13-17)22(33)28-16-20(32)36-7)23(34)18(14-15-19(27)31)29-24(35)37-25(2,3)4/h9-13,18,21H,8,14-16H2,1-7H3,(H2,27,31)(H,28,33)(H,29,35). The van der Waals surface area contributed by atoms with Gasteiger partial charge in [0, 0.05) is 12.0 Å². The van der Waals surface area contributed by atoms with E-state index in [1.54, 1.807) is 65.0 Å². The van der Waals surface area contributed by atoms with Crippen LogP contribution in [0.2, 0.25) is 0 Å². The number of primary amides is 1. The van der Waals surface area contributed by atoms with E-state index in [4.69, 9.17) is 10.5 Å². The number of nitrogens with one attached hydrogen (secondary N) is 2. The number of carbonyl (C=O) groups is 5. The number of nitrogens with two attached hydrogens (primary N) is 1. The fraction of sp³-hybridized carbons (Fsp3) is 0.577. The first-order chi connectivity index (χ1) is 17.1. The molecule has 4 N–H and O–H groups in total. The number of hydrogen-bond donors (Lipinski definition) is 3. The summed E-state index contributed by atoms with van der Waals surface area (Å²) in [6, 6.07) is 6.21. The maximum atomic E-state index is 14.1. The summed E-state index contributed by atoms with van der Waals surface area (Å²) < 4.78 is 9.94. The van der Waals surface area contributed by atoms with Crippen molar-refractivity contribution in [3.05, 3.63) is 35.9 Å². The van der Waals surface area contributed by atoms with Crippen molar-refractivity contribution < 1.29 is 33.4 Å². The minimum Gasteiger partial charge on any atom is -0.468 e. The van der Waals surface area contributed by atoms with Crippen LogP contribution in [0.3, 0.4) is 0 Å². The van der Waals surface area contributed by atoms with Crippen LogP contribution in [0.5, 0.6) is 0 Å². The molecule has 0 aromatic heterocycles. The Labute approximate surface area is 218 Å². The molecule has 11 nitrogen and oxygen atoms in total. The van der Waals surface area contributed by atoms with Crippen molar-refractivity contribution in [2.24, 2.45) is 5.73 Å². The molecule has 206 valence electrons. The molecule has 0 saturated carbocycles. The molecule has 0 saturated heterocycles. The number of hydrogen-bond acceptors (Lipinski definition) is 7. The van der Waals surface area contributed by atoms with Crippen molar-refractivity contribution in [2.75, 3.05) is 13.7 Å². The van der Waals surface area contributed by atoms with E-state index in [1.807, 2.05) is 6.92 Å². The highest BCUT2D eigenvalue weighted by atomic mass is 16.6. The first-order valence-electron chi connectivity index (χ1n) is 12.1. The van der Waals surface area contributed by atoms with Crippen LogP contribution >= 0.6 is 0 Å². The topological polar surface area (TPSA) is 157 Å². The average molecular weight is 521 g/mol. The quantitative estimate of drug-likeness (QED) is 0.357. The summed E-state index contributed by atoms with van der Waals surface area (Å²) in [5.41, 5.74) is 4.10. The molecule has 0 spiro atoms. The highest BCUT2D eigenvalue weighted by Crippen LogP contribution is 2.32. The lowest BCUT2D eigenvalue weighted by molar-refractivity contribution is -0.150. The third-order valence-electron chi connectivity index (χ3n) is 5.68. The fourth-order valence-electron chi connectivity index (χ4n) is 3.49. The molecular weight excluding hydrogens is 480 g/mol. The fourth-order valence-corrected chi connectivity index (χ4v) is 3.49. The molecule has 1 rings (SSSR count). The van der Waals surface area contributed by atoms with Gasteiger partial charge in [0.25, 0.3) is 0 Å². The average Bonchev–Trinajstić information content (AvgIpc) is 2.81. The zero-order chi connectivity index (χ0) is 28.4. The van der Waals surface area contributed by atoms with E-state index in [-0.39, 0.29) is 12.8 Å². The number of benzene rings is 1. The first-order valence-corrected chi connectivity index (χ1v) is 12.1. The van der Waals surface area contributed by atoms with Crippen molar-refractivity contribution in [2.45, 2.75) is 84.0 Å². The van der Waals surface area contributed by atoms with E-state index in [0.717, 1.165) is 0 Å². The molecular formula is C26H40N4O7. The Morgan fingerprint density at radius 2 is 1.62 bits per heavy atom. The van der Waals surface area contributed by atoms with E-state index in [9.17, 15) is 24.0 Å². The lowest BCUT2D eigenvalue weighted by atomic mass is 9.91. The molecule has 2 unspecified atom stereocenters. The van der Waals surface area contributed by atoms with Crippen molar-refractivity contribution in [3.8, 4) is 0 Å². The van der Waals surface area contributed by atoms with Crippen LogP contribution in [0.15, 0.2) is 30.3 Å². The van der Waals surface area contributed by atoms with Gasteiger partial charge in [0.05, 0.1) is 7.11 Å². The number of methoxy groups -OCH3 is 1. The van der Waals surface area contributed by atoms with Gasteiger partial charge < -0.3 is 30.7 Å². The lowest BCUT2D eigenvalue weighted by Gasteiger charge is -2.44. The number of alkyl carbamates (subject to hydrolysis) is 1. The Morgan fingerprint density at radius 3 is 2.11 bits per heavy atom. The molecule has 0 fully saturated rings. The second-order valence-corrected chi connectivity index (χ2v) is 10.2. The Balaban J connectivity index is 3.57. The van der Waals surface area contributed by atoms with E-state index in [0.29, 0.717) is 12.0 Å². The number of ether oxygens (including phenoxy) is 2. The molecule has 0 aliphatic carbocycles. The Bertz CT molecular complexity index is 957. The molecule has 1 aromatic carbocycles. The number of esters is 1. The summed E-state index contributed by atoms with van der Waals surface area (Å²) >= 11 is 0. The minimum absolute atomic E-state index is 0.102. The normalized spacial score (nSPS) is 13.1. The van der Waals surface area contributed by atoms with Crippen LogP contribution in [0, 0.1) is 0 Å². The van der Waals surface area contributed by atoms with E-state index >= 15 is 0 Å². The molecule has 11 heteroatoms. The molecule has 37 heavy (non-hydrogen) atoms. The number of amides is 4. The summed E-state index contributed by atoms with van der Waals surface area (Å²) in [6.07, 6.45) is -0.691. The summed E-state index contributed by atoms with van der Waals surface area (Å²) in [5.74, 6) is -2.53. The van der Waals surface area contributed by atoms with Crippen LogP contribution < -0.4 is 16.4 Å². The SMILES string of the molecule is CCC(C)(C)N(C(=O)C(CCC(N)=O)NC(=O)OC(C)(C)C)C(C(=O)NCC(=O)OC)c1ccccc1. The Kier molecular flexibility index (Phi) is 11.6. The van der Waals surface area contributed by atoms with Crippen LogP contribution in [-0.2, 0) is 28.7 Å². The Morgan fingerprint density at radius 1 is 1.03 bits per heavy atom. The van der Waals surface area contributed by atoms with Gasteiger partial charge in [0.1, 0.15) is 24.2 Å². The Hall–Kier alpha value is -3.63. The monoisotopic (exact) mass is 520 g/mol. The summed E-state index contributed by atoms with van der Waals surface area (Å²) in [7, 11) is 1.20. The van der Waals surface area contributed by atoms with E-state index in [2.05, 4.69) is 15.4 Å². The zero-order valence-electron chi connectivity index (χ0n) is 22.8. The maximum Gasteiger partial charge on any atom is 0.408 e. The molecule has 0 radical (unpaired) electrons. The molecule has 1 aromatic rings. The van der Waals surface area contributed by atoms with E-state index < -0.39 is 59.6 Å². The van der Waals surface area contributed by atoms with Gasteiger partial charge in [0.2, 0.25) is 17.7 Å². The van der Waals surface area contributed by atoms with Crippen molar-refractivity contribution in [3.63, 3.8) is 0 Å². The van der Waals surface area contributed by atoms with Gasteiger partial charge in [-0.15, -0.1) is 0 Å². The van der Waals surface area contributed by atoms with Crippen molar-refractivity contribution in [1.82, 2.24) is 15.5 Å². The summed E-state index contributed by atoms with van der Waals surface area (Å²) in [5, 5.41) is 5.07. The molecule has 4 amide bonds. The van der Waals surface area contributed by atoms with Crippen molar-refractivity contribution >= 4 is 29.8 Å². The van der Waals surface area contributed by atoms with E-state index in [1.165, 1.54) is 12.0 Å². The zero-order valence-corrected chi connectivity index (χ0v) is 22.8. The third-order valence-corrected chi connectivity index (χ3v) is 5.68. The first kappa shape index (κ1) is 31.4. The number of rotatable bonds is 12. The number of nitrogens with zero attached hydrogens (tertiary/aromatic N) is 1. The van der Waals surface area contributed by atoms with Gasteiger partial charge in [-0.25, -0.2) is 4.79 Å². The van der Waals surface area contributed by atoms with Crippen LogP contribution in [0.1, 0.15) is 72.4 Å². The van der Waals surface area contributed by atoms with Gasteiger partial charge in [-0.2, -0.15) is 0 Å². The second kappa shape index (κ2) is 13.6. The predicted molar refractivity (Wildman–Crippen MR) is 137 cm³/mol. The van der Waals surface area contributed by atoms with Gasteiger partial charge in [-0.1, -0.05) is 37.3 Å². The molecule has 0 heterocycles. The largest absolute Gasteiger partial charge is 0.468 e. The second-order valence-electron chi connectivity index (χ2n) is 10.2. The van der Waals surface area contributed by atoms with Crippen molar-refractivity contribution in [1.29, 1.82) is 0 Å². The van der Waals surface area contributed by atoms with Crippen LogP contribution in [0.25, 0.3) is 0 Å². The summed E-state index contributed by atoms with van der Waals surface area (Å²) in [4.78, 5) is 64.8. The van der Waals surface area contributed by atoms with Gasteiger partial charge in [-0.05, 0) is 53.0 Å². The maximum absolute atomic E-state index is 14.1. The van der Waals surface area contributed by atoms with Gasteiger partial charge in [-0.3, -0.25) is 19.2 Å². The highest BCUT2D eigenvalue weighted by molar-refractivity contribution is 5.94. The lowest BCUT2D eigenvalue weighted by Crippen LogP contribution is -2.59. The molecule has 2 atom stereocenters. The number of carbonyl (C=O) groups excluding carboxylic acids is 5. The molecule has 0 bridgehead atoms. The third kappa shape index (κ3) is 10.1. The van der Waals surface area contributed by atoms with Gasteiger partial charge in [0.15, 0.2) is 0 Å². The minimum atomic E-state index is -1.22. The van der Waals surface area contributed by atoms with Crippen LogP contribution in [0.4, 0.5) is 4.79 Å². The highest BCUT2D eigenvalue weighted by Gasteiger charge is 2.43. The predicted octanol–water partition coefficient (Wildman–Crippen LogP) is 2.19. The molecule has 0 aliphatic rings. The molecule has 0 aliphatic heterocycles. The van der Waals surface area contributed by atoms with Crippen LogP contribution in [-0.4, -0.2) is 65.5 Å². The smallest absolute Gasteiger partial charge is 0.408 e. The van der Waals surface area contributed by atoms with Gasteiger partial charge >= 0.3 is 12.1 Å².